The van der Waals surface area contributed by atoms with E-state index in [9.17, 15) is 14.0 Å². The molecule has 0 aliphatic carbocycles. The second kappa shape index (κ2) is 5.67. The molecule has 0 saturated heterocycles. The van der Waals surface area contributed by atoms with E-state index in [0.29, 0.717) is 10.5 Å². The fourth-order valence-electron chi connectivity index (χ4n) is 2.50. The molecule has 25 heavy (non-hydrogen) atoms. The summed E-state index contributed by atoms with van der Waals surface area (Å²) in [5, 5.41) is 9.62. The molecule has 7 nitrogen and oxygen atoms in total. The molecule has 0 saturated carbocycles. The molecule has 2 aromatic heterocycles. The topological polar surface area (TPSA) is 92.2 Å². The minimum atomic E-state index is -0.691. The lowest BCUT2D eigenvalue weighted by molar-refractivity contribution is 0.102. The fraction of sp³-hybridized carbons (Fsp3) is 0. The molecular weight excluding hydrogens is 349 g/mol. The quantitative estimate of drug-likeness (QED) is 0.577. The zero-order valence-corrected chi connectivity index (χ0v) is 13.2. The number of carbonyl (C=O) groups is 1. The molecule has 0 bridgehead atoms. The summed E-state index contributed by atoms with van der Waals surface area (Å²) in [6.07, 6.45) is 0. The van der Waals surface area contributed by atoms with Crippen molar-refractivity contribution in [2.75, 3.05) is 5.32 Å². The normalized spacial score (nSPS) is 11.1. The predicted molar refractivity (Wildman–Crippen MR) is 90.5 cm³/mol. The zero-order valence-electron chi connectivity index (χ0n) is 12.5. The smallest absolute Gasteiger partial charge is 0.281 e. The maximum Gasteiger partial charge on any atom is 0.281 e. The minimum Gasteiger partial charge on any atom is -0.318 e. The Balaban J connectivity index is 1.85. The highest BCUT2D eigenvalue weighted by Crippen LogP contribution is 2.19. The third-order valence-corrected chi connectivity index (χ3v) is 3.89. The van der Waals surface area contributed by atoms with Crippen molar-refractivity contribution in [3.8, 4) is 0 Å². The molecule has 2 N–H and O–H groups in total. The number of fused-ring (bicyclic) bond motifs is 3. The Hall–Kier alpha value is -3.26. The van der Waals surface area contributed by atoms with E-state index in [4.69, 9.17) is 11.6 Å². The average Bonchev–Trinajstić information content (AvgIpc) is 3.01. The molecule has 1 amide bonds. The Labute approximate surface area is 144 Å². The van der Waals surface area contributed by atoms with Crippen LogP contribution in [-0.2, 0) is 0 Å². The molecule has 124 valence electrons. The second-order valence-corrected chi connectivity index (χ2v) is 5.67. The van der Waals surface area contributed by atoms with Crippen molar-refractivity contribution in [1.82, 2.24) is 19.8 Å². The van der Waals surface area contributed by atoms with Crippen LogP contribution in [0.2, 0.25) is 5.02 Å². The van der Waals surface area contributed by atoms with E-state index >= 15 is 0 Å². The van der Waals surface area contributed by atoms with Crippen LogP contribution in [0.15, 0.2) is 47.3 Å². The fourth-order valence-corrected chi connectivity index (χ4v) is 2.67. The van der Waals surface area contributed by atoms with Crippen molar-refractivity contribution in [1.29, 1.82) is 0 Å². The maximum atomic E-state index is 13.7. The molecule has 4 aromatic rings. The van der Waals surface area contributed by atoms with Gasteiger partial charge in [-0.15, -0.1) is 5.10 Å². The summed E-state index contributed by atoms with van der Waals surface area (Å²) in [5.74, 6) is -1.27. The molecule has 2 heterocycles. The van der Waals surface area contributed by atoms with Gasteiger partial charge in [0.15, 0.2) is 11.3 Å². The van der Waals surface area contributed by atoms with Gasteiger partial charge in [-0.05, 0) is 30.3 Å². The number of aromatic nitrogens is 4. The Morgan fingerprint density at radius 2 is 2.04 bits per heavy atom. The first-order valence-corrected chi connectivity index (χ1v) is 7.54. The van der Waals surface area contributed by atoms with Crippen LogP contribution in [-0.4, -0.2) is 25.7 Å². The summed E-state index contributed by atoms with van der Waals surface area (Å²) < 4.78 is 15.1. The third-order valence-electron chi connectivity index (χ3n) is 3.66. The van der Waals surface area contributed by atoms with Crippen LogP contribution in [0, 0.1) is 5.82 Å². The number of amides is 1. The predicted octanol–water partition coefficient (Wildman–Crippen LogP) is 2.62. The van der Waals surface area contributed by atoms with E-state index in [1.807, 2.05) is 0 Å². The number of halogens is 2. The van der Waals surface area contributed by atoms with Crippen molar-refractivity contribution in [3.63, 3.8) is 0 Å². The Morgan fingerprint density at radius 1 is 1.24 bits per heavy atom. The van der Waals surface area contributed by atoms with Crippen molar-refractivity contribution in [3.05, 3.63) is 69.4 Å². The number of aromatic amines is 1. The number of anilines is 1. The first-order chi connectivity index (χ1) is 12.0. The summed E-state index contributed by atoms with van der Waals surface area (Å²) in [6.45, 7) is 0. The van der Waals surface area contributed by atoms with Crippen LogP contribution in [0.1, 0.15) is 10.5 Å². The van der Waals surface area contributed by atoms with Crippen molar-refractivity contribution in [2.24, 2.45) is 0 Å². The number of nitrogens with one attached hydrogen (secondary N) is 2. The number of hydrogen-bond donors (Lipinski definition) is 2. The van der Waals surface area contributed by atoms with E-state index in [2.05, 4.69) is 20.6 Å². The maximum absolute atomic E-state index is 13.7. The largest absolute Gasteiger partial charge is 0.318 e. The number of carbonyl (C=O) groups excluding carboxylic acids is 1. The summed E-state index contributed by atoms with van der Waals surface area (Å²) >= 11 is 5.90. The average molecular weight is 358 g/mol. The molecule has 0 unspecified atom stereocenters. The van der Waals surface area contributed by atoms with Gasteiger partial charge in [-0.1, -0.05) is 23.7 Å². The Kier molecular flexibility index (Phi) is 3.47. The first kappa shape index (κ1) is 15.3. The SMILES string of the molecule is O=C(Nc1ccccc1F)c1n[nH]n2c1nc(=O)c1cc(Cl)ccc12. The van der Waals surface area contributed by atoms with Gasteiger partial charge >= 0.3 is 0 Å². The third kappa shape index (κ3) is 2.52. The lowest BCUT2D eigenvalue weighted by atomic mass is 10.2. The number of rotatable bonds is 2. The number of hydrogen-bond acceptors (Lipinski definition) is 4. The number of para-hydroxylation sites is 1. The van der Waals surface area contributed by atoms with Crippen molar-refractivity contribution >= 4 is 39.7 Å². The first-order valence-electron chi connectivity index (χ1n) is 7.17. The second-order valence-electron chi connectivity index (χ2n) is 5.23. The number of nitrogens with zero attached hydrogens (tertiary/aromatic N) is 3. The summed E-state index contributed by atoms with van der Waals surface area (Å²) in [7, 11) is 0. The van der Waals surface area contributed by atoms with Gasteiger partial charge in [0.25, 0.3) is 11.5 Å². The molecule has 0 fully saturated rings. The van der Waals surface area contributed by atoms with Gasteiger partial charge in [0, 0.05) is 5.02 Å². The van der Waals surface area contributed by atoms with Crippen LogP contribution in [0.4, 0.5) is 10.1 Å². The van der Waals surface area contributed by atoms with Gasteiger partial charge in [0.2, 0.25) is 0 Å². The molecule has 9 heteroatoms. The molecule has 0 aliphatic heterocycles. The molecule has 0 spiro atoms. The van der Waals surface area contributed by atoms with Gasteiger partial charge in [0.1, 0.15) is 5.82 Å². The standard InChI is InChI=1S/C16H9ClFN5O2/c17-8-5-6-12-9(7-8)15(24)20-14-13(21-22-23(12)14)16(25)19-11-4-2-1-3-10(11)18/h1-7,22H,(H,19,25). The van der Waals surface area contributed by atoms with Crippen LogP contribution in [0.5, 0.6) is 0 Å². The Bertz CT molecular complexity index is 1200. The monoisotopic (exact) mass is 357 g/mol. The van der Waals surface area contributed by atoms with Gasteiger partial charge in [-0.3, -0.25) is 9.59 Å². The molecule has 0 atom stereocenters. The molecule has 4 rings (SSSR count). The minimum absolute atomic E-state index is 0.00330. The molecular formula is C16H9ClFN5O2. The lowest BCUT2D eigenvalue weighted by Gasteiger charge is -2.04. The van der Waals surface area contributed by atoms with Crippen molar-refractivity contribution in [2.45, 2.75) is 0 Å². The lowest BCUT2D eigenvalue weighted by Crippen LogP contribution is -2.16. The van der Waals surface area contributed by atoms with Crippen LogP contribution >= 0.6 is 11.6 Å². The highest BCUT2D eigenvalue weighted by molar-refractivity contribution is 6.31. The van der Waals surface area contributed by atoms with Crippen molar-refractivity contribution < 1.29 is 9.18 Å². The van der Waals surface area contributed by atoms with Crippen LogP contribution in [0.25, 0.3) is 16.6 Å². The van der Waals surface area contributed by atoms with E-state index in [1.54, 1.807) is 18.2 Å². The summed E-state index contributed by atoms with van der Waals surface area (Å²) in [6, 6.07) is 10.4. The Morgan fingerprint density at radius 3 is 2.84 bits per heavy atom. The van der Waals surface area contributed by atoms with E-state index in [1.165, 1.54) is 28.8 Å². The highest BCUT2D eigenvalue weighted by Gasteiger charge is 2.19. The highest BCUT2D eigenvalue weighted by atomic mass is 35.5. The summed E-state index contributed by atoms with van der Waals surface area (Å²) in [5.41, 5.74) is -0.162. The van der Waals surface area contributed by atoms with Crippen LogP contribution in [0.3, 0.4) is 0 Å². The molecule has 0 aliphatic rings. The molecule has 0 radical (unpaired) electrons. The van der Waals surface area contributed by atoms with Gasteiger partial charge in [-0.25, -0.2) is 14.1 Å². The number of H-pyrrole nitrogens is 1. The van der Waals surface area contributed by atoms with Crippen LogP contribution < -0.4 is 10.9 Å². The van der Waals surface area contributed by atoms with E-state index < -0.39 is 17.3 Å². The van der Waals surface area contributed by atoms with E-state index in [0.717, 1.165) is 0 Å². The summed E-state index contributed by atoms with van der Waals surface area (Å²) in [4.78, 5) is 28.5. The van der Waals surface area contributed by atoms with Gasteiger partial charge < -0.3 is 5.32 Å². The number of benzene rings is 2. The zero-order chi connectivity index (χ0) is 17.6. The molecule has 2 aromatic carbocycles. The van der Waals surface area contributed by atoms with E-state index in [-0.39, 0.29) is 22.4 Å². The van der Waals surface area contributed by atoms with Gasteiger partial charge in [-0.2, -0.15) is 4.98 Å². The van der Waals surface area contributed by atoms with Gasteiger partial charge in [0.05, 0.1) is 16.6 Å².